The minimum absolute atomic E-state index is 0.00641. The van der Waals surface area contributed by atoms with Crippen LogP contribution in [0, 0.1) is 5.82 Å². The van der Waals surface area contributed by atoms with Gasteiger partial charge in [-0.15, -0.1) is 11.3 Å². The summed E-state index contributed by atoms with van der Waals surface area (Å²) in [5, 5.41) is 5.19. The van der Waals surface area contributed by atoms with Gasteiger partial charge in [-0.05, 0) is 42.7 Å². The second kappa shape index (κ2) is 9.58. The Bertz CT molecular complexity index is 1240. The largest absolute Gasteiger partial charge is 0.325 e. The van der Waals surface area contributed by atoms with Gasteiger partial charge in [0.2, 0.25) is 5.91 Å². The molecule has 3 aromatic rings. The van der Waals surface area contributed by atoms with Crippen LogP contribution in [-0.2, 0) is 16.1 Å². The van der Waals surface area contributed by atoms with Crippen LogP contribution in [0.5, 0.6) is 0 Å². The van der Waals surface area contributed by atoms with Gasteiger partial charge >= 0.3 is 6.03 Å². The molecule has 1 aliphatic heterocycles. The van der Waals surface area contributed by atoms with Crippen LogP contribution in [0.25, 0.3) is 11.3 Å². The summed E-state index contributed by atoms with van der Waals surface area (Å²) < 4.78 is 13.3. The van der Waals surface area contributed by atoms with Gasteiger partial charge in [0.15, 0.2) is 5.13 Å². The van der Waals surface area contributed by atoms with E-state index in [2.05, 4.69) is 10.3 Å². The Balaban J connectivity index is 1.34. The lowest BCUT2D eigenvalue weighted by atomic mass is 9.98. The quantitative estimate of drug-likeness (QED) is 0.483. The van der Waals surface area contributed by atoms with Crippen LogP contribution in [0.4, 0.5) is 14.3 Å². The van der Waals surface area contributed by atoms with E-state index in [0.29, 0.717) is 30.2 Å². The summed E-state index contributed by atoms with van der Waals surface area (Å²) in [5.41, 5.74) is 1.54. The van der Waals surface area contributed by atoms with E-state index in [1.807, 2.05) is 35.7 Å². The number of benzene rings is 2. The first kappa shape index (κ1) is 23.2. The molecule has 2 fully saturated rings. The molecule has 0 radical (unpaired) electrons. The van der Waals surface area contributed by atoms with Gasteiger partial charge in [-0.1, -0.05) is 43.2 Å². The fourth-order valence-electron chi connectivity index (χ4n) is 4.71. The summed E-state index contributed by atoms with van der Waals surface area (Å²) in [5.74, 6) is -0.790. The van der Waals surface area contributed by atoms with E-state index in [9.17, 15) is 18.8 Å². The summed E-state index contributed by atoms with van der Waals surface area (Å²) in [4.78, 5) is 46.2. The average Bonchev–Trinajstić information content (AvgIpc) is 3.59. The lowest BCUT2D eigenvalue weighted by molar-refractivity contribution is -0.131. The molecule has 0 unspecified atom stereocenters. The van der Waals surface area contributed by atoms with Crippen molar-refractivity contribution in [1.82, 2.24) is 15.2 Å². The standard InChI is InChI=1S/C26H25FN4O3S/c27-20-10-8-19(9-11-20)21-17-35-25(28-21)31(16-18-6-2-1-3-7-18)22(32)12-15-30-23(33)26(29-24(30)34)13-4-5-14-26/h1-3,6-11,17H,4-5,12-16H2,(H,29,34). The number of hydrogen-bond donors (Lipinski definition) is 1. The van der Waals surface area contributed by atoms with Crippen molar-refractivity contribution in [3.63, 3.8) is 0 Å². The lowest BCUT2D eigenvalue weighted by Crippen LogP contribution is -2.44. The van der Waals surface area contributed by atoms with E-state index >= 15 is 0 Å². The van der Waals surface area contributed by atoms with Crippen LogP contribution in [0.3, 0.4) is 0 Å². The highest BCUT2D eigenvalue weighted by Crippen LogP contribution is 2.35. The number of carbonyl (C=O) groups is 3. The van der Waals surface area contributed by atoms with Gasteiger partial charge < -0.3 is 5.32 Å². The molecule has 1 saturated heterocycles. The highest BCUT2D eigenvalue weighted by molar-refractivity contribution is 7.14. The van der Waals surface area contributed by atoms with Crippen LogP contribution < -0.4 is 10.2 Å². The molecule has 1 N–H and O–H groups in total. The third kappa shape index (κ3) is 4.68. The maximum absolute atomic E-state index is 13.4. The Labute approximate surface area is 206 Å². The number of thiazole rings is 1. The molecule has 1 aliphatic carbocycles. The van der Waals surface area contributed by atoms with Gasteiger partial charge in [0.1, 0.15) is 11.4 Å². The summed E-state index contributed by atoms with van der Waals surface area (Å²) in [6.45, 7) is 0.326. The van der Waals surface area contributed by atoms with Gasteiger partial charge in [0.05, 0.1) is 12.2 Å². The van der Waals surface area contributed by atoms with Crippen LogP contribution in [-0.4, -0.2) is 39.8 Å². The first-order valence-electron chi connectivity index (χ1n) is 11.7. The van der Waals surface area contributed by atoms with E-state index in [-0.39, 0.29) is 30.6 Å². The van der Waals surface area contributed by atoms with E-state index < -0.39 is 11.6 Å². The van der Waals surface area contributed by atoms with Crippen molar-refractivity contribution in [2.45, 2.75) is 44.2 Å². The average molecular weight is 493 g/mol. The van der Waals surface area contributed by atoms with Gasteiger partial charge in [-0.25, -0.2) is 14.2 Å². The smallest absolute Gasteiger partial charge is 0.323 e. The molecule has 2 aliphatic rings. The van der Waals surface area contributed by atoms with E-state index in [0.717, 1.165) is 24.0 Å². The summed E-state index contributed by atoms with van der Waals surface area (Å²) >= 11 is 1.32. The number of nitrogens with zero attached hydrogens (tertiary/aromatic N) is 3. The molecule has 0 atom stereocenters. The zero-order chi connectivity index (χ0) is 24.4. The molecule has 1 aromatic heterocycles. The fraction of sp³-hybridized carbons (Fsp3) is 0.308. The second-order valence-corrected chi connectivity index (χ2v) is 9.75. The number of halogens is 1. The maximum Gasteiger partial charge on any atom is 0.325 e. The van der Waals surface area contributed by atoms with E-state index in [1.54, 1.807) is 17.0 Å². The highest BCUT2D eigenvalue weighted by Gasteiger charge is 2.52. The van der Waals surface area contributed by atoms with Crippen molar-refractivity contribution in [3.05, 3.63) is 71.4 Å². The van der Waals surface area contributed by atoms with Gasteiger partial charge in [-0.3, -0.25) is 19.4 Å². The third-order valence-corrected chi connectivity index (χ3v) is 7.46. The van der Waals surface area contributed by atoms with Crippen molar-refractivity contribution in [3.8, 4) is 11.3 Å². The number of amides is 4. The Morgan fingerprint density at radius 2 is 1.80 bits per heavy atom. The number of nitrogens with one attached hydrogen (secondary N) is 1. The van der Waals surface area contributed by atoms with Gasteiger partial charge in [0.25, 0.3) is 5.91 Å². The predicted octanol–water partition coefficient (Wildman–Crippen LogP) is 4.74. The second-order valence-electron chi connectivity index (χ2n) is 8.91. The number of anilines is 1. The molecule has 5 rings (SSSR count). The third-order valence-electron chi connectivity index (χ3n) is 6.60. The molecule has 1 spiro atoms. The maximum atomic E-state index is 13.4. The first-order valence-corrected chi connectivity index (χ1v) is 12.5. The normalized spacial score (nSPS) is 16.7. The van der Waals surface area contributed by atoms with Crippen LogP contribution >= 0.6 is 11.3 Å². The molecular weight excluding hydrogens is 467 g/mol. The molecule has 9 heteroatoms. The fourth-order valence-corrected chi connectivity index (χ4v) is 5.56. The van der Waals surface area contributed by atoms with Gasteiger partial charge in [0, 0.05) is 23.9 Å². The number of carbonyl (C=O) groups excluding carboxylic acids is 3. The first-order chi connectivity index (χ1) is 16.9. The minimum Gasteiger partial charge on any atom is -0.323 e. The highest BCUT2D eigenvalue weighted by atomic mass is 32.1. The van der Waals surface area contributed by atoms with Crippen LogP contribution in [0.2, 0.25) is 0 Å². The molecule has 180 valence electrons. The van der Waals surface area contributed by atoms with Gasteiger partial charge in [-0.2, -0.15) is 0 Å². The number of imide groups is 1. The molecule has 7 nitrogen and oxygen atoms in total. The molecule has 2 aromatic carbocycles. The Hall–Kier alpha value is -3.59. The van der Waals surface area contributed by atoms with Crippen molar-refractivity contribution >= 4 is 34.3 Å². The molecule has 2 heterocycles. The Morgan fingerprint density at radius 1 is 1.09 bits per heavy atom. The minimum atomic E-state index is -0.788. The van der Waals surface area contributed by atoms with Crippen molar-refractivity contribution in [2.75, 3.05) is 11.4 Å². The lowest BCUT2D eigenvalue weighted by Gasteiger charge is -2.22. The molecule has 35 heavy (non-hydrogen) atoms. The van der Waals surface area contributed by atoms with Crippen LogP contribution in [0.15, 0.2) is 60.0 Å². The summed E-state index contributed by atoms with van der Waals surface area (Å²) in [7, 11) is 0. The number of rotatable bonds is 7. The van der Waals surface area contributed by atoms with Crippen molar-refractivity contribution in [1.29, 1.82) is 0 Å². The molecule has 1 saturated carbocycles. The Morgan fingerprint density at radius 3 is 2.51 bits per heavy atom. The summed E-state index contributed by atoms with van der Waals surface area (Å²) in [6, 6.07) is 15.2. The summed E-state index contributed by atoms with van der Waals surface area (Å²) in [6.07, 6.45) is 3.10. The van der Waals surface area contributed by atoms with Crippen LogP contribution in [0.1, 0.15) is 37.7 Å². The van der Waals surface area contributed by atoms with Crippen molar-refractivity contribution < 1.29 is 18.8 Å². The van der Waals surface area contributed by atoms with Crippen molar-refractivity contribution in [2.24, 2.45) is 0 Å². The molecular formula is C26H25FN4O3S. The number of urea groups is 1. The predicted molar refractivity (Wildman–Crippen MR) is 131 cm³/mol. The van der Waals surface area contributed by atoms with E-state index in [1.165, 1.54) is 28.4 Å². The zero-order valence-electron chi connectivity index (χ0n) is 19.1. The zero-order valence-corrected chi connectivity index (χ0v) is 19.9. The number of hydrogen-bond acceptors (Lipinski definition) is 5. The molecule has 4 amide bonds. The number of aromatic nitrogens is 1. The Kier molecular flexibility index (Phi) is 6.34. The topological polar surface area (TPSA) is 82.6 Å². The monoisotopic (exact) mass is 492 g/mol. The molecule has 0 bridgehead atoms. The SMILES string of the molecule is O=C1NC2(CCCC2)C(=O)N1CCC(=O)N(Cc1ccccc1)c1nc(-c2ccc(F)cc2)cs1. The van der Waals surface area contributed by atoms with E-state index in [4.69, 9.17) is 0 Å².